The van der Waals surface area contributed by atoms with E-state index in [0.29, 0.717) is 10.6 Å². The molecule has 33 heavy (non-hydrogen) atoms. The number of aryl methyl sites for hydroxylation is 1. The molecule has 8 heteroatoms. The third kappa shape index (κ3) is 7.20. The number of benzene rings is 2. The highest BCUT2D eigenvalue weighted by Gasteiger charge is 2.20. The molecule has 2 amide bonds. The summed E-state index contributed by atoms with van der Waals surface area (Å²) in [6.45, 7) is 4.05. The number of amides is 2. The van der Waals surface area contributed by atoms with Crippen molar-refractivity contribution in [2.45, 2.75) is 20.3 Å². The summed E-state index contributed by atoms with van der Waals surface area (Å²) in [6, 6.07) is 19.0. The van der Waals surface area contributed by atoms with Crippen LogP contribution in [0.5, 0.6) is 0 Å². The van der Waals surface area contributed by atoms with Crippen LogP contribution in [0.15, 0.2) is 60.7 Å². The van der Waals surface area contributed by atoms with Gasteiger partial charge in [-0.05, 0) is 42.7 Å². The van der Waals surface area contributed by atoms with Gasteiger partial charge in [0.2, 0.25) is 11.8 Å². The molecule has 2 aromatic carbocycles. The number of anilines is 2. The van der Waals surface area contributed by atoms with E-state index in [-0.39, 0.29) is 29.9 Å². The van der Waals surface area contributed by atoms with Gasteiger partial charge in [-0.3, -0.25) is 9.59 Å². The Morgan fingerprint density at radius 1 is 0.909 bits per heavy atom. The molecule has 0 aliphatic rings. The van der Waals surface area contributed by atoms with E-state index in [1.54, 1.807) is 13.0 Å². The Morgan fingerprint density at radius 3 is 2.21 bits per heavy atom. The molecule has 3 aromatic rings. The third-order valence-corrected chi connectivity index (χ3v) is 6.68. The van der Waals surface area contributed by atoms with Crippen molar-refractivity contribution in [3.8, 4) is 10.4 Å². The summed E-state index contributed by atoms with van der Waals surface area (Å²) in [5, 5.41) is 6.07. The van der Waals surface area contributed by atoms with Crippen LogP contribution in [-0.2, 0) is 20.7 Å². The molecule has 0 aliphatic carbocycles. The number of thioether (sulfide) groups is 1. The molecule has 0 spiro atoms. The van der Waals surface area contributed by atoms with Crippen molar-refractivity contribution in [1.82, 2.24) is 0 Å². The van der Waals surface area contributed by atoms with Crippen LogP contribution in [0.4, 0.5) is 10.7 Å². The summed E-state index contributed by atoms with van der Waals surface area (Å²) in [4.78, 5) is 37.9. The Bertz CT molecular complexity index is 1100. The predicted octanol–water partition coefficient (Wildman–Crippen LogP) is 5.46. The van der Waals surface area contributed by atoms with Gasteiger partial charge < -0.3 is 15.4 Å². The molecule has 0 saturated carbocycles. The maximum atomic E-state index is 12.5. The molecular formula is C25H26N2O4S2. The van der Waals surface area contributed by atoms with Crippen LogP contribution >= 0.6 is 23.1 Å². The fraction of sp³-hybridized carbons (Fsp3) is 0.240. The van der Waals surface area contributed by atoms with Gasteiger partial charge in [-0.2, -0.15) is 0 Å². The third-order valence-electron chi connectivity index (χ3n) is 4.65. The van der Waals surface area contributed by atoms with E-state index in [1.807, 2.05) is 54.6 Å². The first-order chi connectivity index (χ1) is 16.0. The number of ether oxygens (including phenoxy) is 1. The van der Waals surface area contributed by atoms with E-state index in [1.165, 1.54) is 28.7 Å². The Balaban J connectivity index is 1.56. The van der Waals surface area contributed by atoms with Crippen LogP contribution in [0.1, 0.15) is 29.8 Å². The van der Waals surface area contributed by atoms with E-state index >= 15 is 0 Å². The highest BCUT2D eigenvalue weighted by molar-refractivity contribution is 8.00. The summed E-state index contributed by atoms with van der Waals surface area (Å²) < 4.78 is 5.14. The molecule has 3 rings (SSSR count). The van der Waals surface area contributed by atoms with Crippen molar-refractivity contribution in [2.24, 2.45) is 0 Å². The highest BCUT2D eigenvalue weighted by Crippen LogP contribution is 2.36. The van der Waals surface area contributed by atoms with Gasteiger partial charge in [0.25, 0.3) is 0 Å². The molecule has 1 heterocycles. The lowest BCUT2D eigenvalue weighted by atomic mass is 10.1. The summed E-state index contributed by atoms with van der Waals surface area (Å²) in [5.74, 6) is -0.706. The smallest absolute Gasteiger partial charge is 0.341 e. The van der Waals surface area contributed by atoms with Gasteiger partial charge in [-0.15, -0.1) is 23.1 Å². The average Bonchev–Trinajstić information content (AvgIpc) is 3.24. The van der Waals surface area contributed by atoms with Crippen LogP contribution < -0.4 is 10.6 Å². The van der Waals surface area contributed by atoms with Crippen molar-refractivity contribution in [3.05, 3.63) is 71.8 Å². The van der Waals surface area contributed by atoms with Gasteiger partial charge in [-0.1, -0.05) is 49.4 Å². The molecule has 0 fully saturated rings. The van der Waals surface area contributed by atoms with Crippen LogP contribution in [0.25, 0.3) is 10.4 Å². The van der Waals surface area contributed by atoms with E-state index < -0.39 is 5.97 Å². The Labute approximate surface area is 201 Å². The Hall–Kier alpha value is -3.10. The number of hydrogen-bond acceptors (Lipinski definition) is 6. The van der Waals surface area contributed by atoms with Gasteiger partial charge >= 0.3 is 5.97 Å². The first-order valence-electron chi connectivity index (χ1n) is 10.6. The number of carbonyl (C=O) groups is 3. The molecule has 0 bridgehead atoms. The summed E-state index contributed by atoms with van der Waals surface area (Å²) >= 11 is 2.53. The van der Waals surface area contributed by atoms with Gasteiger partial charge in [0.1, 0.15) is 5.00 Å². The van der Waals surface area contributed by atoms with Gasteiger partial charge in [0.05, 0.1) is 23.7 Å². The SMILES string of the molecule is CCOC(=O)c1cc(-c2ccccc2)sc1NC(=O)CSCC(=O)Nc1ccc(CC)cc1. The summed E-state index contributed by atoms with van der Waals surface area (Å²) in [7, 11) is 0. The molecule has 1 aromatic heterocycles. The minimum atomic E-state index is -0.479. The molecule has 0 saturated heterocycles. The second-order valence-electron chi connectivity index (χ2n) is 7.08. The van der Waals surface area contributed by atoms with Crippen molar-refractivity contribution in [3.63, 3.8) is 0 Å². The number of nitrogens with one attached hydrogen (secondary N) is 2. The zero-order valence-electron chi connectivity index (χ0n) is 18.6. The number of esters is 1. The van der Waals surface area contributed by atoms with Crippen molar-refractivity contribution < 1.29 is 19.1 Å². The molecule has 2 N–H and O–H groups in total. The van der Waals surface area contributed by atoms with E-state index in [0.717, 1.165) is 22.5 Å². The second-order valence-corrected chi connectivity index (χ2v) is 9.12. The van der Waals surface area contributed by atoms with Crippen LogP contribution in [0.2, 0.25) is 0 Å². The van der Waals surface area contributed by atoms with Gasteiger partial charge in [-0.25, -0.2) is 4.79 Å². The van der Waals surface area contributed by atoms with E-state index in [4.69, 9.17) is 4.74 Å². The lowest BCUT2D eigenvalue weighted by molar-refractivity contribution is -0.114. The second kappa shape index (κ2) is 12.2. The predicted molar refractivity (Wildman–Crippen MR) is 136 cm³/mol. The zero-order chi connectivity index (χ0) is 23.6. The van der Waals surface area contributed by atoms with Crippen LogP contribution in [0, 0.1) is 0 Å². The number of hydrogen-bond donors (Lipinski definition) is 2. The number of thiophene rings is 1. The number of rotatable bonds is 10. The molecule has 0 unspecified atom stereocenters. The summed E-state index contributed by atoms with van der Waals surface area (Å²) in [5.41, 5.74) is 3.21. The lowest BCUT2D eigenvalue weighted by Crippen LogP contribution is -2.19. The zero-order valence-corrected chi connectivity index (χ0v) is 20.2. The maximum absolute atomic E-state index is 12.5. The molecule has 6 nitrogen and oxygen atoms in total. The van der Waals surface area contributed by atoms with Gasteiger partial charge in [0, 0.05) is 10.6 Å². The molecule has 172 valence electrons. The molecule has 0 aliphatic heterocycles. The van der Waals surface area contributed by atoms with E-state index in [2.05, 4.69) is 17.6 Å². The highest BCUT2D eigenvalue weighted by atomic mass is 32.2. The fourth-order valence-corrected chi connectivity index (χ4v) is 4.69. The minimum absolute atomic E-state index is 0.0863. The van der Waals surface area contributed by atoms with Crippen molar-refractivity contribution in [2.75, 3.05) is 28.7 Å². The Kier molecular flexibility index (Phi) is 9.09. The molecule has 0 radical (unpaired) electrons. The normalized spacial score (nSPS) is 10.5. The lowest BCUT2D eigenvalue weighted by Gasteiger charge is -2.07. The van der Waals surface area contributed by atoms with Gasteiger partial charge in [0.15, 0.2) is 0 Å². The van der Waals surface area contributed by atoms with Crippen molar-refractivity contribution >= 4 is 51.6 Å². The topological polar surface area (TPSA) is 84.5 Å². The number of carbonyl (C=O) groups excluding carboxylic acids is 3. The minimum Gasteiger partial charge on any atom is -0.462 e. The van der Waals surface area contributed by atoms with Crippen LogP contribution in [-0.4, -0.2) is 35.9 Å². The quantitative estimate of drug-likeness (QED) is 0.375. The first-order valence-corrected chi connectivity index (χ1v) is 12.6. The van der Waals surface area contributed by atoms with Crippen LogP contribution in [0.3, 0.4) is 0 Å². The van der Waals surface area contributed by atoms with Crippen molar-refractivity contribution in [1.29, 1.82) is 0 Å². The largest absolute Gasteiger partial charge is 0.462 e. The Morgan fingerprint density at radius 2 is 1.58 bits per heavy atom. The average molecular weight is 483 g/mol. The molecule has 0 atom stereocenters. The van der Waals surface area contributed by atoms with E-state index in [9.17, 15) is 14.4 Å². The molecular weight excluding hydrogens is 456 g/mol. The fourth-order valence-electron chi connectivity index (χ4n) is 3.01. The standard InChI is InChI=1S/C25H26N2O4S2/c1-3-17-10-12-19(13-11-17)26-22(28)15-32-16-23(29)27-24-20(25(30)31-4-2)14-21(33-24)18-8-6-5-7-9-18/h5-14H,3-4,15-16H2,1-2H3,(H,26,28)(H,27,29). The first kappa shape index (κ1) is 24.5. The maximum Gasteiger partial charge on any atom is 0.341 e. The summed E-state index contributed by atoms with van der Waals surface area (Å²) in [6.07, 6.45) is 0.939. The monoisotopic (exact) mass is 482 g/mol.